The van der Waals surface area contributed by atoms with Crippen LogP contribution < -0.4 is 0 Å². The minimum absolute atomic E-state index is 0.0361. The second kappa shape index (κ2) is 7.85. The molecule has 2 aromatic rings. The summed E-state index contributed by atoms with van der Waals surface area (Å²) in [6, 6.07) is 1.94. The van der Waals surface area contributed by atoms with Gasteiger partial charge in [-0.2, -0.15) is 18.3 Å². The van der Waals surface area contributed by atoms with E-state index >= 15 is 0 Å². The molecule has 1 saturated carbocycles. The Morgan fingerprint density at radius 2 is 1.83 bits per heavy atom. The van der Waals surface area contributed by atoms with Crippen molar-refractivity contribution in [3.63, 3.8) is 0 Å². The highest BCUT2D eigenvalue weighted by Gasteiger charge is 2.42. The van der Waals surface area contributed by atoms with Crippen molar-refractivity contribution in [2.75, 3.05) is 13.1 Å². The van der Waals surface area contributed by atoms with Gasteiger partial charge in [0.2, 0.25) is 6.41 Å². The number of hydrogen-bond acceptors (Lipinski definition) is 3. The standard InChI is InChI=1S/C22H29F3N4O/c1-13-8-9-28(12-30)11-18(13)21-14(2)15(3)26-20-10-19(27-29(20)21)16-4-6-17(7-5-16)22(23,24)25/h10,12-13,16-18H,4-9,11H2,1-3H3/t13-,16?,17?,18+/m1/s1. The van der Waals surface area contributed by atoms with Gasteiger partial charge in [-0.1, -0.05) is 6.92 Å². The van der Waals surface area contributed by atoms with E-state index in [1.54, 1.807) is 0 Å². The molecule has 1 aliphatic heterocycles. The molecule has 164 valence electrons. The van der Waals surface area contributed by atoms with Gasteiger partial charge in [-0.25, -0.2) is 9.50 Å². The third-order valence-electron chi connectivity index (χ3n) is 7.25. The van der Waals surface area contributed by atoms with Crippen LogP contribution in [0.5, 0.6) is 0 Å². The summed E-state index contributed by atoms with van der Waals surface area (Å²) in [5.74, 6) is -0.600. The van der Waals surface area contributed by atoms with Gasteiger partial charge >= 0.3 is 6.18 Å². The van der Waals surface area contributed by atoms with Crippen LogP contribution in [0.4, 0.5) is 13.2 Å². The van der Waals surface area contributed by atoms with Gasteiger partial charge in [-0.05, 0) is 57.4 Å². The average molecular weight is 422 g/mol. The van der Waals surface area contributed by atoms with Gasteiger partial charge in [0, 0.05) is 36.7 Å². The fraction of sp³-hybridized carbons (Fsp3) is 0.682. The maximum absolute atomic E-state index is 13.0. The van der Waals surface area contributed by atoms with Gasteiger partial charge in [-0.15, -0.1) is 0 Å². The van der Waals surface area contributed by atoms with Crippen molar-refractivity contribution in [2.45, 2.75) is 70.9 Å². The first-order valence-electron chi connectivity index (χ1n) is 10.8. The monoisotopic (exact) mass is 422 g/mol. The Morgan fingerprint density at radius 3 is 2.47 bits per heavy atom. The van der Waals surface area contributed by atoms with E-state index in [1.807, 2.05) is 29.3 Å². The molecule has 0 radical (unpaired) electrons. The Hall–Kier alpha value is -2.12. The number of nitrogens with zero attached hydrogens (tertiary/aromatic N) is 4. The molecule has 2 aromatic heterocycles. The zero-order chi connectivity index (χ0) is 21.6. The number of alkyl halides is 3. The smallest absolute Gasteiger partial charge is 0.345 e. The predicted molar refractivity (Wildman–Crippen MR) is 107 cm³/mol. The molecule has 2 aliphatic rings. The minimum atomic E-state index is -4.10. The molecule has 3 heterocycles. The zero-order valence-electron chi connectivity index (χ0n) is 17.7. The molecule has 0 spiro atoms. The van der Waals surface area contributed by atoms with Gasteiger partial charge in [0.25, 0.3) is 0 Å². The van der Waals surface area contributed by atoms with Crippen molar-refractivity contribution >= 4 is 12.1 Å². The molecular weight excluding hydrogens is 393 g/mol. The molecule has 0 bridgehead atoms. The number of piperidine rings is 1. The Bertz CT molecular complexity index is 931. The highest BCUT2D eigenvalue weighted by Crippen LogP contribution is 2.43. The molecule has 4 rings (SSSR count). The lowest BCUT2D eigenvalue weighted by Crippen LogP contribution is -2.38. The number of carbonyl (C=O) groups is 1. The summed E-state index contributed by atoms with van der Waals surface area (Å²) in [5.41, 5.74) is 4.66. The van der Waals surface area contributed by atoms with E-state index in [0.717, 1.165) is 47.7 Å². The molecular formula is C22H29F3N4O. The van der Waals surface area contributed by atoms with Gasteiger partial charge in [0.05, 0.1) is 17.3 Å². The SMILES string of the molecule is Cc1nc2cc(C3CCC(C(F)(F)F)CC3)nn2c([C@H]2CN(C=O)CC[C@H]2C)c1C. The number of hydrogen-bond donors (Lipinski definition) is 0. The van der Waals surface area contributed by atoms with Crippen molar-refractivity contribution in [1.29, 1.82) is 0 Å². The lowest BCUT2D eigenvalue weighted by Gasteiger charge is -2.36. The van der Waals surface area contributed by atoms with Gasteiger partial charge < -0.3 is 4.90 Å². The summed E-state index contributed by atoms with van der Waals surface area (Å²) in [4.78, 5) is 17.9. The number of likely N-dealkylation sites (tertiary alicyclic amines) is 1. The maximum Gasteiger partial charge on any atom is 0.391 e. The van der Waals surface area contributed by atoms with Gasteiger partial charge in [-0.3, -0.25) is 4.79 Å². The van der Waals surface area contributed by atoms with Crippen LogP contribution in [0.1, 0.15) is 73.5 Å². The lowest BCUT2D eigenvalue weighted by atomic mass is 9.80. The number of amides is 1. The number of aryl methyl sites for hydroxylation is 1. The molecule has 30 heavy (non-hydrogen) atoms. The molecule has 0 unspecified atom stereocenters. The Labute approximate surface area is 174 Å². The first-order valence-corrected chi connectivity index (χ1v) is 10.8. The van der Waals surface area contributed by atoms with Crippen LogP contribution in [-0.4, -0.2) is 45.2 Å². The molecule has 0 aromatic carbocycles. The molecule has 2 fully saturated rings. The summed E-state index contributed by atoms with van der Waals surface area (Å²) in [7, 11) is 0. The second-order valence-corrected chi connectivity index (χ2v) is 9.11. The molecule has 2 atom stereocenters. The predicted octanol–water partition coefficient (Wildman–Crippen LogP) is 4.76. The maximum atomic E-state index is 13.0. The summed E-state index contributed by atoms with van der Waals surface area (Å²) in [5, 5.41) is 4.85. The summed E-state index contributed by atoms with van der Waals surface area (Å²) >= 11 is 0. The summed E-state index contributed by atoms with van der Waals surface area (Å²) in [6.07, 6.45) is -0.939. The van der Waals surface area contributed by atoms with E-state index in [1.165, 1.54) is 0 Å². The second-order valence-electron chi connectivity index (χ2n) is 9.11. The third kappa shape index (κ3) is 3.81. The molecule has 0 N–H and O–H groups in total. The quantitative estimate of drug-likeness (QED) is 0.670. The minimum Gasteiger partial charge on any atom is -0.345 e. The van der Waals surface area contributed by atoms with Crippen LogP contribution >= 0.6 is 0 Å². The first-order chi connectivity index (χ1) is 14.2. The van der Waals surface area contributed by atoms with Crippen molar-refractivity contribution in [1.82, 2.24) is 19.5 Å². The number of carbonyl (C=O) groups excluding carboxylic acids is 1. The van der Waals surface area contributed by atoms with E-state index in [9.17, 15) is 18.0 Å². The van der Waals surface area contributed by atoms with E-state index in [2.05, 4.69) is 6.92 Å². The van der Waals surface area contributed by atoms with Crippen LogP contribution in [0, 0.1) is 25.7 Å². The van der Waals surface area contributed by atoms with Crippen LogP contribution in [0.3, 0.4) is 0 Å². The molecule has 8 heteroatoms. The number of aromatic nitrogens is 3. The summed E-state index contributed by atoms with van der Waals surface area (Å²) in [6.45, 7) is 7.64. The normalized spacial score (nSPS) is 28.1. The Morgan fingerprint density at radius 1 is 1.13 bits per heavy atom. The number of fused-ring (bicyclic) bond motifs is 1. The third-order valence-corrected chi connectivity index (χ3v) is 7.25. The van der Waals surface area contributed by atoms with E-state index in [0.29, 0.717) is 25.3 Å². The Kier molecular flexibility index (Phi) is 5.53. The molecule has 1 aliphatic carbocycles. The fourth-order valence-electron chi connectivity index (χ4n) is 5.14. The average Bonchev–Trinajstić information content (AvgIpc) is 3.12. The highest BCUT2D eigenvalue weighted by atomic mass is 19.4. The van der Waals surface area contributed by atoms with E-state index in [4.69, 9.17) is 10.1 Å². The molecule has 1 saturated heterocycles. The van der Waals surface area contributed by atoms with Gasteiger partial charge in [0.1, 0.15) is 0 Å². The van der Waals surface area contributed by atoms with Crippen molar-refractivity contribution in [2.24, 2.45) is 11.8 Å². The lowest BCUT2D eigenvalue weighted by molar-refractivity contribution is -0.182. The Balaban J connectivity index is 1.68. The van der Waals surface area contributed by atoms with Crippen LogP contribution in [0.2, 0.25) is 0 Å². The van der Waals surface area contributed by atoms with Crippen molar-refractivity contribution in [3.8, 4) is 0 Å². The topological polar surface area (TPSA) is 50.5 Å². The highest BCUT2D eigenvalue weighted by molar-refractivity contribution is 5.49. The fourth-order valence-corrected chi connectivity index (χ4v) is 5.14. The molecule has 5 nitrogen and oxygen atoms in total. The largest absolute Gasteiger partial charge is 0.391 e. The van der Waals surface area contributed by atoms with Crippen molar-refractivity contribution in [3.05, 3.63) is 28.7 Å². The van der Waals surface area contributed by atoms with Crippen LogP contribution in [0.25, 0.3) is 5.65 Å². The first kappa shape index (κ1) is 21.1. The van der Waals surface area contributed by atoms with E-state index < -0.39 is 12.1 Å². The zero-order valence-corrected chi connectivity index (χ0v) is 17.7. The summed E-state index contributed by atoms with van der Waals surface area (Å²) < 4.78 is 41.0. The van der Waals surface area contributed by atoms with Gasteiger partial charge in [0.15, 0.2) is 5.65 Å². The number of rotatable bonds is 3. The number of halogens is 3. The van der Waals surface area contributed by atoms with E-state index in [-0.39, 0.29) is 24.7 Å². The van der Waals surface area contributed by atoms with Crippen molar-refractivity contribution < 1.29 is 18.0 Å². The van der Waals surface area contributed by atoms with Crippen LogP contribution in [-0.2, 0) is 4.79 Å². The molecule has 1 amide bonds. The van der Waals surface area contributed by atoms with Crippen LogP contribution in [0.15, 0.2) is 6.07 Å².